The molecular weight excluding hydrogens is 294 g/mol. The van der Waals surface area contributed by atoms with Crippen molar-refractivity contribution in [3.63, 3.8) is 0 Å². The SMILES string of the molecule is CC(O)(P(=O)(O)O)P(=O)(O)O.O=S(=O)(O)O. The summed E-state index contributed by atoms with van der Waals surface area (Å²) in [7, 11) is -15.1. The molecule has 0 fully saturated rings. The van der Waals surface area contributed by atoms with E-state index in [1.165, 1.54) is 0 Å². The molecular formula is C2H10O11P2S. The molecule has 0 aliphatic heterocycles. The first-order valence-electron chi connectivity index (χ1n) is 3.03. The molecule has 0 aromatic heterocycles. The molecule has 7 N–H and O–H groups in total. The van der Waals surface area contributed by atoms with Crippen molar-refractivity contribution in [2.24, 2.45) is 0 Å². The standard InChI is InChI=1S/C2H8O7P2.H2O4S/c1-2(3,10(4,5)6)11(7,8)9;1-5(2,3)4/h3H,1H3,(H2,4,5,6)(H2,7,8,9);(H2,1,2,3,4). The Morgan fingerprint density at radius 1 is 0.938 bits per heavy atom. The van der Waals surface area contributed by atoms with Crippen LogP contribution in [-0.4, -0.2) is 47.3 Å². The van der Waals surface area contributed by atoms with Gasteiger partial charge in [-0.1, -0.05) is 0 Å². The van der Waals surface area contributed by atoms with Crippen LogP contribution in [0.15, 0.2) is 0 Å². The topological polar surface area (TPSA) is 210 Å². The van der Waals surface area contributed by atoms with Gasteiger partial charge in [-0.25, -0.2) is 0 Å². The lowest BCUT2D eigenvalue weighted by Gasteiger charge is -2.24. The molecule has 11 nitrogen and oxygen atoms in total. The van der Waals surface area contributed by atoms with Gasteiger partial charge in [-0.15, -0.1) is 0 Å². The van der Waals surface area contributed by atoms with Gasteiger partial charge in [0.25, 0.3) is 5.08 Å². The highest BCUT2D eigenvalue weighted by atomic mass is 32.3. The van der Waals surface area contributed by atoms with Crippen LogP contribution in [0.2, 0.25) is 0 Å². The zero-order chi connectivity index (χ0) is 14.0. The van der Waals surface area contributed by atoms with Crippen LogP contribution >= 0.6 is 15.2 Å². The third-order valence-electron chi connectivity index (χ3n) is 1.10. The number of rotatable bonds is 2. The van der Waals surface area contributed by atoms with Gasteiger partial charge in [-0.2, -0.15) is 8.42 Å². The molecule has 0 saturated heterocycles. The molecule has 0 atom stereocenters. The summed E-state index contributed by atoms with van der Waals surface area (Å²) >= 11 is 0. The predicted octanol–water partition coefficient (Wildman–Crippen LogP) is -1.65. The first-order valence-corrected chi connectivity index (χ1v) is 7.66. The van der Waals surface area contributed by atoms with Crippen LogP contribution in [0.1, 0.15) is 6.92 Å². The molecule has 0 saturated carbocycles. The number of hydrogen-bond acceptors (Lipinski definition) is 5. The molecule has 0 aliphatic carbocycles. The summed E-state index contributed by atoms with van der Waals surface area (Å²) in [4.78, 5) is 33.0. The average Bonchev–Trinajstić information content (AvgIpc) is 1.76. The van der Waals surface area contributed by atoms with Gasteiger partial charge in [0.05, 0.1) is 0 Å². The molecule has 16 heavy (non-hydrogen) atoms. The van der Waals surface area contributed by atoms with Gasteiger partial charge in [0.2, 0.25) is 0 Å². The molecule has 0 aromatic rings. The molecule has 100 valence electrons. The summed E-state index contributed by atoms with van der Waals surface area (Å²) in [5, 5.41) is 5.37. The average molecular weight is 304 g/mol. The summed E-state index contributed by atoms with van der Waals surface area (Å²) in [5.41, 5.74) is 0. The molecule has 0 amide bonds. The van der Waals surface area contributed by atoms with Crippen LogP contribution in [0.5, 0.6) is 0 Å². The van der Waals surface area contributed by atoms with Crippen molar-refractivity contribution in [2.45, 2.75) is 12.0 Å². The number of aliphatic hydroxyl groups is 1. The summed E-state index contributed by atoms with van der Waals surface area (Å²) in [6.07, 6.45) is 0. The summed E-state index contributed by atoms with van der Waals surface area (Å²) in [6.45, 7) is 0.383. The van der Waals surface area contributed by atoms with Crippen molar-refractivity contribution in [3.05, 3.63) is 0 Å². The second-order valence-corrected chi connectivity index (χ2v) is 7.67. The van der Waals surface area contributed by atoms with Crippen LogP contribution in [0, 0.1) is 0 Å². The number of hydrogen-bond donors (Lipinski definition) is 7. The van der Waals surface area contributed by atoms with Gasteiger partial charge in [0, 0.05) is 0 Å². The van der Waals surface area contributed by atoms with Gasteiger partial charge in [-0.3, -0.25) is 18.2 Å². The van der Waals surface area contributed by atoms with Crippen LogP contribution in [0.25, 0.3) is 0 Å². The molecule has 0 heterocycles. The fraction of sp³-hybridized carbons (Fsp3) is 1.00. The highest BCUT2D eigenvalue weighted by Crippen LogP contribution is 2.66. The molecule has 0 bridgehead atoms. The largest absolute Gasteiger partial charge is 0.394 e. The predicted molar refractivity (Wildman–Crippen MR) is 48.9 cm³/mol. The molecule has 0 rings (SSSR count). The zero-order valence-electron chi connectivity index (χ0n) is 7.57. The Balaban J connectivity index is 0. The second kappa shape index (κ2) is 5.19. The molecule has 0 unspecified atom stereocenters. The minimum atomic E-state index is -5.20. The Morgan fingerprint density at radius 3 is 1.06 bits per heavy atom. The van der Waals surface area contributed by atoms with Crippen molar-refractivity contribution in [1.29, 1.82) is 0 Å². The minimum Gasteiger partial charge on any atom is -0.368 e. The monoisotopic (exact) mass is 304 g/mol. The van der Waals surface area contributed by atoms with Gasteiger partial charge in [0.1, 0.15) is 0 Å². The van der Waals surface area contributed by atoms with E-state index in [0.717, 1.165) is 0 Å². The molecule has 14 heteroatoms. The maximum atomic E-state index is 10.3. The van der Waals surface area contributed by atoms with E-state index in [-0.39, 0.29) is 0 Å². The third-order valence-corrected chi connectivity index (χ3v) is 4.87. The van der Waals surface area contributed by atoms with Gasteiger partial charge in [-0.05, 0) is 6.92 Å². The van der Waals surface area contributed by atoms with E-state index >= 15 is 0 Å². The lowest BCUT2D eigenvalue weighted by atomic mass is 10.9. The van der Waals surface area contributed by atoms with E-state index in [9.17, 15) is 9.13 Å². The first-order chi connectivity index (χ1) is 6.50. The van der Waals surface area contributed by atoms with Crippen molar-refractivity contribution in [2.75, 3.05) is 0 Å². The first kappa shape index (κ1) is 18.5. The second-order valence-electron chi connectivity index (χ2n) is 2.51. The van der Waals surface area contributed by atoms with E-state index in [1.54, 1.807) is 0 Å². The Bertz CT molecular complexity index is 375. The van der Waals surface area contributed by atoms with Crippen molar-refractivity contribution < 1.29 is 51.3 Å². The third kappa shape index (κ3) is 7.41. The Morgan fingerprint density at radius 2 is 1.06 bits per heavy atom. The maximum Gasteiger partial charge on any atom is 0.394 e. The van der Waals surface area contributed by atoms with Crippen molar-refractivity contribution in [3.8, 4) is 0 Å². The van der Waals surface area contributed by atoms with Crippen LogP contribution in [0.3, 0.4) is 0 Å². The van der Waals surface area contributed by atoms with E-state index < -0.39 is 30.7 Å². The van der Waals surface area contributed by atoms with Crippen LogP contribution in [-0.2, 0) is 19.5 Å². The highest BCUT2D eigenvalue weighted by molar-refractivity contribution is 7.79. The fourth-order valence-corrected chi connectivity index (χ4v) is 1.53. The quantitative estimate of drug-likeness (QED) is 0.227. The van der Waals surface area contributed by atoms with E-state index in [4.69, 9.17) is 42.2 Å². The maximum absolute atomic E-state index is 10.3. The van der Waals surface area contributed by atoms with Gasteiger partial charge in [0.15, 0.2) is 0 Å². The Kier molecular flexibility index (Phi) is 6.00. The van der Waals surface area contributed by atoms with Crippen molar-refractivity contribution >= 4 is 25.6 Å². The van der Waals surface area contributed by atoms with Crippen LogP contribution < -0.4 is 0 Å². The summed E-state index contributed by atoms with van der Waals surface area (Å²) in [6, 6.07) is 0. The Hall–Kier alpha value is 0.130. The zero-order valence-corrected chi connectivity index (χ0v) is 10.2. The Labute approximate surface area is 89.6 Å². The van der Waals surface area contributed by atoms with Crippen LogP contribution in [0.4, 0.5) is 0 Å². The van der Waals surface area contributed by atoms with Gasteiger partial charge >= 0.3 is 25.6 Å². The highest BCUT2D eigenvalue weighted by Gasteiger charge is 2.55. The molecule has 0 radical (unpaired) electrons. The normalized spacial score (nSPS) is 14.0. The molecule has 0 spiro atoms. The fourth-order valence-electron chi connectivity index (χ4n) is 0.170. The smallest absolute Gasteiger partial charge is 0.368 e. The van der Waals surface area contributed by atoms with E-state index in [2.05, 4.69) is 0 Å². The lowest BCUT2D eigenvalue weighted by Crippen LogP contribution is -2.23. The van der Waals surface area contributed by atoms with Gasteiger partial charge < -0.3 is 24.7 Å². The summed E-state index contributed by atoms with van der Waals surface area (Å²) in [5.74, 6) is 0. The minimum absolute atomic E-state index is 0.383. The molecule has 0 aliphatic rings. The van der Waals surface area contributed by atoms with E-state index in [0.29, 0.717) is 6.92 Å². The molecule has 0 aromatic carbocycles. The summed E-state index contributed by atoms with van der Waals surface area (Å²) < 4.78 is 52.1. The van der Waals surface area contributed by atoms with E-state index in [1.807, 2.05) is 0 Å². The van der Waals surface area contributed by atoms with Crippen molar-refractivity contribution in [1.82, 2.24) is 0 Å². The lowest BCUT2D eigenvalue weighted by molar-refractivity contribution is 0.146.